The molecule has 4 rings (SSSR count). The fourth-order valence-electron chi connectivity index (χ4n) is 2.71. The van der Waals surface area contributed by atoms with E-state index in [-0.39, 0.29) is 11.8 Å². The Kier molecular flexibility index (Phi) is 3.89. The molecule has 0 aliphatic carbocycles. The largest absolute Gasteiger partial charge is 0.280 e. The molecule has 0 saturated carbocycles. The van der Waals surface area contributed by atoms with Gasteiger partial charge in [-0.15, -0.1) is 11.3 Å². The Morgan fingerprint density at radius 2 is 1.60 bits per heavy atom. The van der Waals surface area contributed by atoms with Crippen molar-refractivity contribution in [2.24, 2.45) is 0 Å². The Labute approximate surface area is 156 Å². The number of anilines is 1. The number of halogens is 1. The van der Waals surface area contributed by atoms with Crippen molar-refractivity contribution in [1.82, 2.24) is 9.99 Å². The standard InChI is InChI=1S/C18H12BrN3O2S/c1-10-15(11-6-8-12(19)9-7-11)20-18(25-10)21-22-16(23)13-4-2-3-5-14(13)17(22)24/h2-9H,1H3,(H,20,21). The van der Waals surface area contributed by atoms with Crippen LogP contribution in [0, 0.1) is 6.92 Å². The van der Waals surface area contributed by atoms with E-state index < -0.39 is 0 Å². The maximum atomic E-state index is 12.4. The maximum absolute atomic E-state index is 12.4. The number of nitrogens with one attached hydrogen (secondary N) is 1. The summed E-state index contributed by atoms with van der Waals surface area (Å²) >= 11 is 4.82. The second kappa shape index (κ2) is 6.09. The number of carbonyl (C=O) groups excluding carboxylic acids is 2. The molecule has 0 radical (unpaired) electrons. The van der Waals surface area contributed by atoms with Crippen LogP contribution in [0.15, 0.2) is 53.0 Å². The number of imide groups is 1. The van der Waals surface area contributed by atoms with E-state index in [0.717, 1.165) is 25.6 Å². The molecule has 0 bridgehead atoms. The van der Waals surface area contributed by atoms with Gasteiger partial charge < -0.3 is 0 Å². The summed E-state index contributed by atoms with van der Waals surface area (Å²) in [5.74, 6) is -0.725. The van der Waals surface area contributed by atoms with E-state index in [1.54, 1.807) is 24.3 Å². The maximum Gasteiger partial charge on any atom is 0.280 e. The highest BCUT2D eigenvalue weighted by Crippen LogP contribution is 2.32. The fourth-order valence-corrected chi connectivity index (χ4v) is 3.79. The minimum absolute atomic E-state index is 0.362. The first-order valence-corrected chi connectivity index (χ1v) is 9.13. The zero-order chi connectivity index (χ0) is 17.6. The first-order chi connectivity index (χ1) is 12.0. The van der Waals surface area contributed by atoms with Gasteiger partial charge in [0.2, 0.25) is 5.13 Å². The lowest BCUT2D eigenvalue weighted by molar-refractivity contribution is 0.0691. The summed E-state index contributed by atoms with van der Waals surface area (Å²) in [5.41, 5.74) is 5.48. The van der Waals surface area contributed by atoms with E-state index in [1.165, 1.54) is 11.3 Å². The number of hydrogen-bond donors (Lipinski definition) is 1. The number of benzene rings is 2. The first-order valence-electron chi connectivity index (χ1n) is 7.52. The van der Waals surface area contributed by atoms with Crippen molar-refractivity contribution < 1.29 is 9.59 Å². The Balaban J connectivity index is 1.63. The van der Waals surface area contributed by atoms with Crippen LogP contribution in [-0.4, -0.2) is 21.8 Å². The molecule has 1 aliphatic rings. The highest BCUT2D eigenvalue weighted by Gasteiger charge is 2.36. The summed E-state index contributed by atoms with van der Waals surface area (Å²) < 4.78 is 0.994. The van der Waals surface area contributed by atoms with Crippen LogP contribution in [0.2, 0.25) is 0 Å². The number of hydrazine groups is 1. The second-order valence-corrected chi connectivity index (χ2v) is 7.65. The van der Waals surface area contributed by atoms with Gasteiger partial charge >= 0.3 is 0 Å². The molecular weight excluding hydrogens is 402 g/mol. The monoisotopic (exact) mass is 413 g/mol. The minimum atomic E-state index is -0.362. The average Bonchev–Trinajstić information content (AvgIpc) is 3.09. The lowest BCUT2D eigenvalue weighted by Crippen LogP contribution is -2.35. The van der Waals surface area contributed by atoms with E-state index in [1.807, 2.05) is 31.2 Å². The van der Waals surface area contributed by atoms with Gasteiger partial charge in [0, 0.05) is 14.9 Å². The van der Waals surface area contributed by atoms with Crippen LogP contribution in [-0.2, 0) is 0 Å². The molecule has 3 aromatic rings. The molecule has 1 aromatic heterocycles. The summed E-state index contributed by atoms with van der Waals surface area (Å²) in [6.45, 7) is 1.96. The summed E-state index contributed by atoms with van der Waals surface area (Å²) in [6.07, 6.45) is 0. The lowest BCUT2D eigenvalue weighted by Gasteiger charge is -2.13. The van der Waals surface area contributed by atoms with Crippen molar-refractivity contribution in [3.63, 3.8) is 0 Å². The number of rotatable bonds is 3. The van der Waals surface area contributed by atoms with Crippen molar-refractivity contribution in [2.45, 2.75) is 6.92 Å². The number of amides is 2. The van der Waals surface area contributed by atoms with Gasteiger partial charge in [0.25, 0.3) is 11.8 Å². The van der Waals surface area contributed by atoms with Crippen molar-refractivity contribution in [1.29, 1.82) is 0 Å². The highest BCUT2D eigenvalue weighted by molar-refractivity contribution is 9.10. The normalized spacial score (nSPS) is 13.3. The summed E-state index contributed by atoms with van der Waals surface area (Å²) in [7, 11) is 0. The lowest BCUT2D eigenvalue weighted by atomic mass is 10.1. The number of hydrogen-bond acceptors (Lipinski definition) is 5. The van der Waals surface area contributed by atoms with Gasteiger partial charge in [-0.1, -0.05) is 40.2 Å². The SMILES string of the molecule is Cc1sc(NN2C(=O)c3ccccc3C2=O)nc1-c1ccc(Br)cc1. The fraction of sp³-hybridized carbons (Fsp3) is 0.0556. The number of fused-ring (bicyclic) bond motifs is 1. The van der Waals surface area contributed by atoms with Crippen LogP contribution in [0.25, 0.3) is 11.3 Å². The number of carbonyl (C=O) groups is 2. The molecule has 2 heterocycles. The molecule has 0 unspecified atom stereocenters. The minimum Gasteiger partial charge on any atom is -0.267 e. The van der Waals surface area contributed by atoms with Crippen molar-refractivity contribution in [2.75, 3.05) is 5.43 Å². The molecule has 2 aromatic carbocycles. The van der Waals surface area contributed by atoms with Gasteiger partial charge in [-0.25, -0.2) is 4.98 Å². The number of aryl methyl sites for hydroxylation is 1. The van der Waals surface area contributed by atoms with Crippen LogP contribution >= 0.6 is 27.3 Å². The van der Waals surface area contributed by atoms with Crippen LogP contribution in [0.4, 0.5) is 5.13 Å². The zero-order valence-corrected chi connectivity index (χ0v) is 15.5. The van der Waals surface area contributed by atoms with E-state index in [9.17, 15) is 9.59 Å². The third-order valence-electron chi connectivity index (χ3n) is 3.92. The van der Waals surface area contributed by atoms with E-state index in [2.05, 4.69) is 26.3 Å². The number of thiazole rings is 1. The summed E-state index contributed by atoms with van der Waals surface area (Å²) in [5, 5.41) is 1.53. The van der Waals surface area contributed by atoms with E-state index >= 15 is 0 Å². The molecule has 1 N–H and O–H groups in total. The van der Waals surface area contributed by atoms with E-state index in [0.29, 0.717) is 16.3 Å². The van der Waals surface area contributed by atoms with Crippen LogP contribution < -0.4 is 5.43 Å². The first kappa shape index (κ1) is 16.0. The molecule has 2 amide bonds. The predicted molar refractivity (Wildman–Crippen MR) is 101 cm³/mol. The molecule has 124 valence electrons. The second-order valence-electron chi connectivity index (χ2n) is 5.53. The average molecular weight is 414 g/mol. The molecule has 0 atom stereocenters. The molecule has 7 heteroatoms. The zero-order valence-electron chi connectivity index (χ0n) is 13.1. The molecule has 1 aliphatic heterocycles. The van der Waals surface area contributed by atoms with Gasteiger partial charge in [0.15, 0.2) is 0 Å². The summed E-state index contributed by atoms with van der Waals surface area (Å²) in [4.78, 5) is 30.4. The van der Waals surface area contributed by atoms with Crippen LogP contribution in [0.3, 0.4) is 0 Å². The number of nitrogens with zero attached hydrogens (tertiary/aromatic N) is 2. The molecule has 5 nitrogen and oxygen atoms in total. The predicted octanol–water partition coefficient (Wildman–Crippen LogP) is 4.50. The third-order valence-corrected chi connectivity index (χ3v) is 5.32. The van der Waals surface area contributed by atoms with Gasteiger partial charge in [-0.05, 0) is 31.2 Å². The smallest absolute Gasteiger partial charge is 0.267 e. The molecular formula is C18H12BrN3O2S. The van der Waals surface area contributed by atoms with Crippen LogP contribution in [0.1, 0.15) is 25.6 Å². The van der Waals surface area contributed by atoms with Crippen LogP contribution in [0.5, 0.6) is 0 Å². The van der Waals surface area contributed by atoms with Crippen molar-refractivity contribution in [3.8, 4) is 11.3 Å². The van der Waals surface area contributed by atoms with Gasteiger partial charge in [-0.3, -0.25) is 15.0 Å². The topological polar surface area (TPSA) is 62.3 Å². The summed E-state index contributed by atoms with van der Waals surface area (Å²) in [6, 6.07) is 14.6. The van der Waals surface area contributed by atoms with Gasteiger partial charge in [0.1, 0.15) is 0 Å². The molecule has 0 saturated heterocycles. The molecule has 25 heavy (non-hydrogen) atoms. The van der Waals surface area contributed by atoms with E-state index in [4.69, 9.17) is 0 Å². The van der Waals surface area contributed by atoms with Crippen molar-refractivity contribution >= 4 is 44.2 Å². The van der Waals surface area contributed by atoms with Gasteiger partial charge in [0.05, 0.1) is 16.8 Å². The Hall–Kier alpha value is -2.51. The Bertz CT molecular complexity index is 963. The Morgan fingerprint density at radius 1 is 1.00 bits per heavy atom. The number of aromatic nitrogens is 1. The van der Waals surface area contributed by atoms with Gasteiger partial charge in [-0.2, -0.15) is 5.01 Å². The molecule has 0 fully saturated rings. The van der Waals surface area contributed by atoms with Crippen molar-refractivity contribution in [3.05, 3.63) is 69.0 Å². The third kappa shape index (κ3) is 2.75. The quantitative estimate of drug-likeness (QED) is 0.641. The molecule has 0 spiro atoms. The Morgan fingerprint density at radius 3 is 2.20 bits per heavy atom. The highest BCUT2D eigenvalue weighted by atomic mass is 79.9.